The Morgan fingerprint density at radius 3 is 2.50 bits per heavy atom. The van der Waals surface area contributed by atoms with Gasteiger partial charge >= 0.3 is 0 Å². The highest BCUT2D eigenvalue weighted by atomic mass is 32.1. The van der Waals surface area contributed by atoms with Crippen molar-refractivity contribution in [1.82, 2.24) is 0 Å². The molecule has 0 N–H and O–H groups in total. The maximum atomic E-state index is 13.0. The standard InChI is InChI=1S/C20H22N2O3S/c1-20(2)8-13-18(14(23)9-20)17(12(10-21)19(26)22-13)11-5-6-15(24-3)16(7-11)25-4/h5-7,17-18,26H,8-9H2,1-4H3/t17-,18?/m0/s1. The van der Waals surface area contributed by atoms with Gasteiger partial charge in [0.1, 0.15) is 10.8 Å². The second-order valence-corrected chi connectivity index (χ2v) is 7.93. The number of nitriles is 1. The van der Waals surface area contributed by atoms with E-state index in [2.05, 4.69) is 37.5 Å². The number of carbonyl (C=O) groups is 1. The van der Waals surface area contributed by atoms with Crippen LogP contribution >= 0.6 is 12.6 Å². The fourth-order valence-corrected chi connectivity index (χ4v) is 4.26. The molecule has 1 heterocycles. The first kappa shape index (κ1) is 18.5. The minimum absolute atomic E-state index is 0.119. The van der Waals surface area contributed by atoms with Crippen LogP contribution in [0.3, 0.4) is 0 Å². The van der Waals surface area contributed by atoms with Crippen molar-refractivity contribution < 1.29 is 14.3 Å². The molecule has 3 rings (SSSR count). The molecule has 0 bridgehead atoms. The molecule has 0 amide bonds. The largest absolute Gasteiger partial charge is 0.493 e. The lowest BCUT2D eigenvalue weighted by molar-refractivity contribution is -0.124. The lowest BCUT2D eigenvalue weighted by atomic mass is 9.64. The molecule has 1 aromatic carbocycles. The average molecular weight is 370 g/mol. The fraction of sp³-hybridized carbons (Fsp3) is 0.450. The van der Waals surface area contributed by atoms with Gasteiger partial charge < -0.3 is 9.47 Å². The predicted molar refractivity (Wildman–Crippen MR) is 103 cm³/mol. The van der Waals surface area contributed by atoms with E-state index in [1.54, 1.807) is 20.3 Å². The number of benzene rings is 1. The molecule has 1 aliphatic carbocycles. The Morgan fingerprint density at radius 2 is 1.88 bits per heavy atom. The summed E-state index contributed by atoms with van der Waals surface area (Å²) < 4.78 is 10.7. The van der Waals surface area contributed by atoms with E-state index in [4.69, 9.17) is 9.47 Å². The summed E-state index contributed by atoms with van der Waals surface area (Å²) in [7, 11) is 3.14. The van der Waals surface area contributed by atoms with E-state index in [-0.39, 0.29) is 11.2 Å². The van der Waals surface area contributed by atoms with Crippen LogP contribution in [0, 0.1) is 22.7 Å². The number of fused-ring (bicyclic) bond motifs is 1. The first-order chi connectivity index (χ1) is 12.3. The number of thiol groups is 1. The minimum atomic E-state index is -0.424. The first-order valence-electron chi connectivity index (χ1n) is 8.46. The molecule has 5 nitrogen and oxygen atoms in total. The van der Waals surface area contributed by atoms with E-state index >= 15 is 0 Å². The summed E-state index contributed by atoms with van der Waals surface area (Å²) in [5.74, 6) is 0.463. The van der Waals surface area contributed by atoms with E-state index in [1.807, 2.05) is 12.1 Å². The Hall–Kier alpha value is -2.26. The first-order valence-corrected chi connectivity index (χ1v) is 8.91. The molecule has 2 atom stereocenters. The van der Waals surface area contributed by atoms with Crippen molar-refractivity contribution in [3.63, 3.8) is 0 Å². The second kappa shape index (κ2) is 6.81. The van der Waals surface area contributed by atoms with Crippen LogP contribution in [0.1, 0.15) is 38.2 Å². The molecule has 0 radical (unpaired) electrons. The number of Topliss-reactive ketones (excluding diaryl/α,β-unsaturated/α-hetero) is 1. The third kappa shape index (κ3) is 3.12. The van der Waals surface area contributed by atoms with E-state index in [0.29, 0.717) is 28.5 Å². The zero-order chi connectivity index (χ0) is 19.1. The number of ketones is 1. The number of allylic oxidation sites excluding steroid dienone is 1. The van der Waals surface area contributed by atoms with Crippen LogP contribution in [0.5, 0.6) is 11.5 Å². The van der Waals surface area contributed by atoms with Crippen molar-refractivity contribution in [2.75, 3.05) is 14.2 Å². The van der Waals surface area contributed by atoms with Crippen molar-refractivity contribution >= 4 is 24.1 Å². The van der Waals surface area contributed by atoms with Gasteiger partial charge in [-0.15, -0.1) is 12.6 Å². The van der Waals surface area contributed by atoms with Crippen LogP contribution in [0.2, 0.25) is 0 Å². The number of ether oxygens (including phenoxy) is 2. The molecule has 26 heavy (non-hydrogen) atoms. The van der Waals surface area contributed by atoms with Crippen LogP contribution in [-0.4, -0.2) is 25.7 Å². The quantitative estimate of drug-likeness (QED) is 0.819. The smallest absolute Gasteiger partial charge is 0.161 e. The minimum Gasteiger partial charge on any atom is -0.493 e. The highest BCUT2D eigenvalue weighted by Gasteiger charge is 2.46. The van der Waals surface area contributed by atoms with Gasteiger partial charge in [0.2, 0.25) is 0 Å². The average Bonchev–Trinajstić information content (AvgIpc) is 2.58. The Morgan fingerprint density at radius 1 is 1.19 bits per heavy atom. The lowest BCUT2D eigenvalue weighted by Gasteiger charge is -2.40. The molecule has 6 heteroatoms. The van der Waals surface area contributed by atoms with Gasteiger partial charge in [-0.2, -0.15) is 5.26 Å². The van der Waals surface area contributed by atoms with Gasteiger partial charge in [0.25, 0.3) is 0 Å². The number of hydrogen-bond acceptors (Lipinski definition) is 6. The van der Waals surface area contributed by atoms with Gasteiger partial charge in [-0.1, -0.05) is 19.9 Å². The van der Waals surface area contributed by atoms with Crippen LogP contribution in [0.15, 0.2) is 33.8 Å². The van der Waals surface area contributed by atoms with E-state index in [9.17, 15) is 10.1 Å². The van der Waals surface area contributed by atoms with Gasteiger partial charge in [-0.25, -0.2) is 4.99 Å². The highest BCUT2D eigenvalue weighted by molar-refractivity contribution is 7.84. The number of nitrogens with zero attached hydrogens (tertiary/aromatic N) is 2. The Bertz CT molecular complexity index is 864. The molecule has 136 valence electrons. The summed E-state index contributed by atoms with van der Waals surface area (Å²) in [5, 5.41) is 10.1. The molecule has 2 aliphatic rings. The zero-order valence-electron chi connectivity index (χ0n) is 15.4. The third-order valence-electron chi connectivity index (χ3n) is 5.04. The van der Waals surface area contributed by atoms with E-state index in [0.717, 1.165) is 17.7 Å². The van der Waals surface area contributed by atoms with Crippen LogP contribution in [0.4, 0.5) is 0 Å². The summed E-state index contributed by atoms with van der Waals surface area (Å²) >= 11 is 4.44. The Kier molecular flexibility index (Phi) is 4.85. The van der Waals surface area contributed by atoms with Crippen molar-refractivity contribution in [2.24, 2.45) is 16.3 Å². The van der Waals surface area contributed by atoms with Crippen molar-refractivity contribution in [1.29, 1.82) is 5.26 Å². The van der Waals surface area contributed by atoms with Gasteiger partial charge in [0.05, 0.1) is 31.8 Å². The van der Waals surface area contributed by atoms with E-state index < -0.39 is 11.8 Å². The molecule has 1 fully saturated rings. The number of hydrogen-bond donors (Lipinski definition) is 1. The summed E-state index contributed by atoms with van der Waals surface area (Å²) in [4.78, 5) is 17.5. The number of methoxy groups -OCH3 is 2. The number of rotatable bonds is 3. The van der Waals surface area contributed by atoms with E-state index in [1.165, 1.54) is 0 Å². The van der Waals surface area contributed by atoms with Gasteiger partial charge in [-0.05, 0) is 29.5 Å². The monoisotopic (exact) mass is 370 g/mol. The molecule has 0 spiro atoms. The molecule has 0 saturated heterocycles. The SMILES string of the molecule is COc1ccc([C@H]2C(C#N)=C(S)N=C3CC(C)(C)CC(=O)C32)cc1OC. The number of carbonyl (C=O) groups excluding carboxylic acids is 1. The van der Waals surface area contributed by atoms with Gasteiger partial charge in [0, 0.05) is 18.1 Å². The second-order valence-electron chi connectivity index (χ2n) is 7.51. The van der Waals surface area contributed by atoms with Gasteiger partial charge in [0.15, 0.2) is 11.5 Å². The third-order valence-corrected chi connectivity index (χ3v) is 5.38. The van der Waals surface area contributed by atoms with Gasteiger partial charge in [-0.3, -0.25) is 4.79 Å². The summed E-state index contributed by atoms with van der Waals surface area (Å²) in [6.07, 6.45) is 1.19. The Labute approximate surface area is 159 Å². The molecular formula is C20H22N2O3S. The predicted octanol–water partition coefficient (Wildman–Crippen LogP) is 3.91. The van der Waals surface area contributed by atoms with Crippen molar-refractivity contribution in [2.45, 2.75) is 32.6 Å². The lowest BCUT2D eigenvalue weighted by Crippen LogP contribution is -2.42. The molecule has 0 aromatic heterocycles. The summed E-state index contributed by atoms with van der Waals surface area (Å²) in [6, 6.07) is 7.72. The number of aliphatic imine (C=N–C) groups is 1. The fourth-order valence-electron chi connectivity index (χ4n) is 3.94. The maximum Gasteiger partial charge on any atom is 0.161 e. The van der Waals surface area contributed by atoms with Crippen LogP contribution in [0.25, 0.3) is 0 Å². The highest BCUT2D eigenvalue weighted by Crippen LogP contribution is 2.48. The molecule has 1 aromatic rings. The van der Waals surface area contributed by atoms with Crippen LogP contribution < -0.4 is 9.47 Å². The topological polar surface area (TPSA) is 71.7 Å². The maximum absolute atomic E-state index is 13.0. The summed E-state index contributed by atoms with van der Waals surface area (Å²) in [6.45, 7) is 4.13. The molecule has 1 aliphatic heterocycles. The van der Waals surface area contributed by atoms with Crippen LogP contribution in [-0.2, 0) is 4.79 Å². The van der Waals surface area contributed by atoms with Crippen molar-refractivity contribution in [3.05, 3.63) is 34.4 Å². The molecule has 1 saturated carbocycles. The Balaban J connectivity index is 2.15. The molecular weight excluding hydrogens is 348 g/mol. The summed E-state index contributed by atoms with van der Waals surface area (Å²) in [5.41, 5.74) is 1.93. The zero-order valence-corrected chi connectivity index (χ0v) is 16.3. The normalized spacial score (nSPS) is 24.5. The van der Waals surface area contributed by atoms with Crippen molar-refractivity contribution in [3.8, 4) is 17.6 Å². The molecule has 1 unspecified atom stereocenters.